The first-order valence-corrected chi connectivity index (χ1v) is 5.38. The Morgan fingerprint density at radius 2 is 2.12 bits per heavy atom. The molecule has 1 aromatic heterocycles. The van der Waals surface area contributed by atoms with Gasteiger partial charge < -0.3 is 10.4 Å². The van der Waals surface area contributed by atoms with Crippen LogP contribution < -0.4 is 5.32 Å². The fraction of sp³-hybridized carbons (Fsp3) is 0.545. The minimum atomic E-state index is -4.37. The lowest BCUT2D eigenvalue weighted by molar-refractivity contribution is -0.137. The summed E-state index contributed by atoms with van der Waals surface area (Å²) in [4.78, 5) is 3.64. The van der Waals surface area contributed by atoms with E-state index in [0.29, 0.717) is 12.2 Å². The van der Waals surface area contributed by atoms with Crippen LogP contribution in [-0.2, 0) is 6.18 Å². The van der Waals surface area contributed by atoms with Crippen LogP contribution in [-0.4, -0.2) is 22.7 Å². The molecule has 0 amide bonds. The summed E-state index contributed by atoms with van der Waals surface area (Å²) in [5.41, 5.74) is -0.780. The molecule has 1 rings (SSSR count). The van der Waals surface area contributed by atoms with Gasteiger partial charge in [0.25, 0.3) is 0 Å². The van der Waals surface area contributed by atoms with Gasteiger partial charge in [-0.2, -0.15) is 13.2 Å². The highest BCUT2D eigenvalue weighted by molar-refractivity contribution is 5.36. The topological polar surface area (TPSA) is 45.1 Å². The molecule has 1 unspecified atom stereocenters. The maximum Gasteiger partial charge on any atom is 0.417 e. The number of pyridine rings is 1. The average Bonchev–Trinajstić information content (AvgIpc) is 2.26. The summed E-state index contributed by atoms with van der Waals surface area (Å²) in [5, 5.41) is 12.2. The summed E-state index contributed by atoms with van der Waals surface area (Å²) < 4.78 is 36.7. The maximum atomic E-state index is 12.2. The molecule has 96 valence electrons. The molecule has 17 heavy (non-hydrogen) atoms. The minimum Gasteiger partial charge on any atom is -0.391 e. The van der Waals surface area contributed by atoms with E-state index in [4.69, 9.17) is 0 Å². The van der Waals surface area contributed by atoms with Crippen molar-refractivity contribution in [2.24, 2.45) is 0 Å². The van der Waals surface area contributed by atoms with Crippen LogP contribution in [0.25, 0.3) is 0 Å². The molecule has 0 spiro atoms. The summed E-state index contributed by atoms with van der Waals surface area (Å²) in [6.45, 7) is 2.23. The number of aromatic nitrogens is 1. The third-order valence-electron chi connectivity index (χ3n) is 2.23. The van der Waals surface area contributed by atoms with E-state index in [0.717, 1.165) is 18.7 Å². The zero-order chi connectivity index (χ0) is 12.9. The molecule has 0 saturated heterocycles. The fourth-order valence-electron chi connectivity index (χ4n) is 1.32. The van der Waals surface area contributed by atoms with Gasteiger partial charge in [-0.3, -0.25) is 0 Å². The second kappa shape index (κ2) is 5.86. The van der Waals surface area contributed by atoms with E-state index in [-0.39, 0.29) is 6.54 Å². The Morgan fingerprint density at radius 3 is 2.59 bits per heavy atom. The third-order valence-corrected chi connectivity index (χ3v) is 2.23. The fourth-order valence-corrected chi connectivity index (χ4v) is 1.32. The number of halogens is 3. The van der Waals surface area contributed by atoms with Crippen molar-refractivity contribution in [2.75, 3.05) is 11.9 Å². The summed E-state index contributed by atoms with van der Waals surface area (Å²) in [7, 11) is 0. The second-order valence-corrected chi connectivity index (χ2v) is 3.75. The van der Waals surface area contributed by atoms with Gasteiger partial charge in [0.1, 0.15) is 5.82 Å². The number of anilines is 1. The van der Waals surface area contributed by atoms with Gasteiger partial charge in [0.05, 0.1) is 11.7 Å². The van der Waals surface area contributed by atoms with Crippen molar-refractivity contribution < 1.29 is 18.3 Å². The molecular weight excluding hydrogens is 233 g/mol. The standard InChI is InChI=1S/C11H15F3N2O/c1-2-3-9(17)7-16-10-5-4-8(6-15-10)11(12,13)14/h4-6,9,17H,2-3,7H2,1H3,(H,15,16). The van der Waals surface area contributed by atoms with Crippen molar-refractivity contribution in [1.29, 1.82) is 0 Å². The van der Waals surface area contributed by atoms with Crippen LogP contribution in [0.5, 0.6) is 0 Å². The van der Waals surface area contributed by atoms with Crippen LogP contribution in [0.15, 0.2) is 18.3 Å². The number of hydrogen-bond donors (Lipinski definition) is 2. The SMILES string of the molecule is CCCC(O)CNc1ccc(C(F)(F)F)cn1. The predicted molar refractivity (Wildman–Crippen MR) is 58.6 cm³/mol. The van der Waals surface area contributed by atoms with Crippen LogP contribution >= 0.6 is 0 Å². The largest absolute Gasteiger partial charge is 0.417 e. The Hall–Kier alpha value is -1.30. The van der Waals surface area contributed by atoms with Crippen molar-refractivity contribution in [2.45, 2.75) is 32.0 Å². The Labute approximate surface area is 97.7 Å². The van der Waals surface area contributed by atoms with Crippen molar-refractivity contribution >= 4 is 5.82 Å². The quantitative estimate of drug-likeness (QED) is 0.842. The van der Waals surface area contributed by atoms with Gasteiger partial charge in [-0.1, -0.05) is 13.3 Å². The van der Waals surface area contributed by atoms with Crippen LogP contribution in [0.3, 0.4) is 0 Å². The van der Waals surface area contributed by atoms with Crippen LogP contribution in [0.4, 0.5) is 19.0 Å². The molecule has 1 heterocycles. The van der Waals surface area contributed by atoms with Crippen molar-refractivity contribution in [3.63, 3.8) is 0 Å². The van der Waals surface area contributed by atoms with E-state index < -0.39 is 17.8 Å². The minimum absolute atomic E-state index is 0.284. The van der Waals surface area contributed by atoms with Crippen molar-refractivity contribution in [1.82, 2.24) is 4.98 Å². The highest BCUT2D eigenvalue weighted by Crippen LogP contribution is 2.28. The average molecular weight is 248 g/mol. The highest BCUT2D eigenvalue weighted by Gasteiger charge is 2.30. The summed E-state index contributed by atoms with van der Waals surface area (Å²) in [6.07, 6.45) is -2.61. The highest BCUT2D eigenvalue weighted by atomic mass is 19.4. The van der Waals surface area contributed by atoms with Gasteiger partial charge in [-0.05, 0) is 18.6 Å². The molecular formula is C11H15F3N2O. The van der Waals surface area contributed by atoms with E-state index in [1.165, 1.54) is 6.07 Å². The number of hydrogen-bond acceptors (Lipinski definition) is 3. The summed E-state index contributed by atoms with van der Waals surface area (Å²) in [5.74, 6) is 0.327. The van der Waals surface area contributed by atoms with Crippen LogP contribution in [0.1, 0.15) is 25.3 Å². The van der Waals surface area contributed by atoms with Crippen LogP contribution in [0, 0.1) is 0 Å². The molecule has 0 bridgehead atoms. The van der Waals surface area contributed by atoms with Crippen molar-refractivity contribution in [3.8, 4) is 0 Å². The first-order valence-electron chi connectivity index (χ1n) is 5.38. The van der Waals surface area contributed by atoms with E-state index in [1.807, 2.05) is 6.92 Å². The summed E-state index contributed by atoms with van der Waals surface area (Å²) >= 11 is 0. The third kappa shape index (κ3) is 4.60. The lowest BCUT2D eigenvalue weighted by Crippen LogP contribution is -2.19. The Morgan fingerprint density at radius 1 is 1.41 bits per heavy atom. The number of aliphatic hydroxyl groups is 1. The molecule has 3 nitrogen and oxygen atoms in total. The Balaban J connectivity index is 2.51. The van der Waals surface area contributed by atoms with Gasteiger partial charge in [0, 0.05) is 12.7 Å². The molecule has 1 atom stereocenters. The smallest absolute Gasteiger partial charge is 0.391 e. The van der Waals surface area contributed by atoms with Gasteiger partial charge in [0.15, 0.2) is 0 Å². The number of alkyl halides is 3. The van der Waals surface area contributed by atoms with Crippen LogP contribution in [0.2, 0.25) is 0 Å². The monoisotopic (exact) mass is 248 g/mol. The molecule has 0 fully saturated rings. The molecule has 1 aromatic rings. The van der Waals surface area contributed by atoms with Gasteiger partial charge in [-0.25, -0.2) is 4.98 Å². The Bertz CT molecular complexity index is 338. The normalized spacial score (nSPS) is 13.5. The molecule has 6 heteroatoms. The molecule has 0 radical (unpaired) electrons. The number of nitrogens with one attached hydrogen (secondary N) is 1. The first-order chi connectivity index (χ1) is 7.93. The molecule has 0 aliphatic carbocycles. The number of rotatable bonds is 5. The zero-order valence-electron chi connectivity index (χ0n) is 9.46. The lowest BCUT2D eigenvalue weighted by Gasteiger charge is -2.12. The van der Waals surface area contributed by atoms with E-state index in [9.17, 15) is 18.3 Å². The number of nitrogens with zero attached hydrogens (tertiary/aromatic N) is 1. The predicted octanol–water partition coefficient (Wildman–Crippen LogP) is 2.67. The van der Waals surface area contributed by atoms with Gasteiger partial charge in [-0.15, -0.1) is 0 Å². The zero-order valence-corrected chi connectivity index (χ0v) is 9.46. The maximum absolute atomic E-state index is 12.2. The van der Waals surface area contributed by atoms with Crippen molar-refractivity contribution in [3.05, 3.63) is 23.9 Å². The lowest BCUT2D eigenvalue weighted by atomic mass is 10.2. The molecule has 0 aromatic carbocycles. The first kappa shape index (κ1) is 13.8. The molecule has 0 saturated carbocycles. The van der Waals surface area contributed by atoms with E-state index in [2.05, 4.69) is 10.3 Å². The van der Waals surface area contributed by atoms with E-state index in [1.54, 1.807) is 0 Å². The second-order valence-electron chi connectivity index (χ2n) is 3.75. The van der Waals surface area contributed by atoms with E-state index >= 15 is 0 Å². The molecule has 0 aliphatic rings. The van der Waals surface area contributed by atoms with Gasteiger partial charge in [0.2, 0.25) is 0 Å². The summed E-state index contributed by atoms with van der Waals surface area (Å²) in [6, 6.07) is 2.21. The molecule has 0 aliphatic heterocycles. The Kier molecular flexibility index (Phi) is 4.74. The molecule has 2 N–H and O–H groups in total. The van der Waals surface area contributed by atoms with Gasteiger partial charge >= 0.3 is 6.18 Å². The number of aliphatic hydroxyl groups excluding tert-OH is 1.